The number of hydrogen-bond donors (Lipinski definition) is 2. The summed E-state index contributed by atoms with van der Waals surface area (Å²) in [7, 11) is 1.30. The van der Waals surface area contributed by atoms with Gasteiger partial charge < -0.3 is 5.73 Å². The summed E-state index contributed by atoms with van der Waals surface area (Å²) in [6.45, 7) is 0. The number of nitrogens with zero attached hydrogens (tertiary/aromatic N) is 2. The number of rotatable bonds is 1. The summed E-state index contributed by atoms with van der Waals surface area (Å²) in [5.41, 5.74) is 10.8. The van der Waals surface area contributed by atoms with Crippen molar-refractivity contribution in [1.29, 1.82) is 5.53 Å². The number of hydrogen-bond acceptors (Lipinski definition) is 3. The highest BCUT2D eigenvalue weighted by Crippen LogP contribution is 1.76. The molecule has 40 valence electrons. The Morgan fingerprint density at radius 1 is 2.00 bits per heavy atom. The van der Waals surface area contributed by atoms with E-state index in [0.29, 0.717) is 0 Å². The van der Waals surface area contributed by atoms with Crippen molar-refractivity contribution >= 4 is 6.03 Å². The van der Waals surface area contributed by atoms with Gasteiger partial charge in [-0.15, -0.1) is 0 Å². The van der Waals surface area contributed by atoms with Crippen LogP contribution in [0.2, 0.25) is 0 Å². The summed E-state index contributed by atoms with van der Waals surface area (Å²) >= 11 is 0. The maximum absolute atomic E-state index is 9.86. The topological polar surface area (TPSA) is 82.5 Å². The molecule has 0 aliphatic rings. The predicted octanol–water partition coefficient (Wildman–Crippen LogP) is -0.0571. The first-order chi connectivity index (χ1) is 3.18. The van der Waals surface area contributed by atoms with Crippen LogP contribution in [-0.2, 0) is 0 Å². The number of urea groups is 1. The Balaban J connectivity index is 3.55. The Hall–Kier alpha value is -1.13. The minimum Gasteiger partial charge on any atom is -0.350 e. The van der Waals surface area contributed by atoms with Crippen molar-refractivity contribution in [3.05, 3.63) is 0 Å². The first kappa shape index (κ1) is 5.87. The number of carbonyl (C=O) groups is 1. The van der Waals surface area contributed by atoms with Crippen molar-refractivity contribution in [2.24, 2.45) is 11.0 Å². The molecule has 0 saturated heterocycles. The predicted molar refractivity (Wildman–Crippen MR) is 22.5 cm³/mol. The third-order valence-electron chi connectivity index (χ3n) is 0.469. The van der Waals surface area contributed by atoms with Crippen molar-refractivity contribution < 1.29 is 4.79 Å². The molecule has 0 heterocycles. The second-order valence-corrected chi connectivity index (χ2v) is 0.962. The van der Waals surface area contributed by atoms with E-state index in [4.69, 9.17) is 5.53 Å². The molecule has 0 aliphatic carbocycles. The average molecular weight is 102 g/mol. The number of carbonyl (C=O) groups excluding carboxylic acids is 1. The lowest BCUT2D eigenvalue weighted by molar-refractivity contribution is 0.216. The van der Waals surface area contributed by atoms with Crippen molar-refractivity contribution in [2.45, 2.75) is 0 Å². The maximum Gasteiger partial charge on any atom is 0.336 e. The summed E-state index contributed by atoms with van der Waals surface area (Å²) in [6, 6.07) is -0.727. The number of amides is 2. The van der Waals surface area contributed by atoms with Gasteiger partial charge in [-0.1, -0.05) is 5.22 Å². The minimum atomic E-state index is -0.727. The lowest BCUT2D eigenvalue weighted by atomic mass is 11.0. The molecule has 0 bridgehead atoms. The molecule has 0 unspecified atom stereocenters. The number of nitrogens with two attached hydrogens (primary N) is 1. The lowest BCUT2D eigenvalue weighted by Crippen LogP contribution is -2.26. The highest BCUT2D eigenvalue weighted by molar-refractivity contribution is 5.70. The van der Waals surface area contributed by atoms with Crippen LogP contribution in [0.25, 0.3) is 0 Å². The van der Waals surface area contributed by atoms with Crippen LogP contribution in [0, 0.1) is 5.53 Å². The molecular formula is C2H6N4O. The molecule has 0 saturated carbocycles. The van der Waals surface area contributed by atoms with Crippen molar-refractivity contribution in [2.75, 3.05) is 7.05 Å². The summed E-state index contributed by atoms with van der Waals surface area (Å²) in [4.78, 5) is 9.86. The highest BCUT2D eigenvalue weighted by Gasteiger charge is 1.95. The third-order valence-corrected chi connectivity index (χ3v) is 0.469. The van der Waals surface area contributed by atoms with Crippen LogP contribution < -0.4 is 5.73 Å². The standard InChI is InChI=1S/C2H6N4O/c1-6(5-4)2(3)7/h4H,1H3,(H2,3,7). The molecule has 0 spiro atoms. The molecule has 0 rings (SSSR count). The maximum atomic E-state index is 9.86. The first-order valence-electron chi connectivity index (χ1n) is 1.59. The Bertz CT molecular complexity index is 89.7. The van der Waals surface area contributed by atoms with Gasteiger partial charge in [0.15, 0.2) is 0 Å². The van der Waals surface area contributed by atoms with Gasteiger partial charge in [0.05, 0.1) is 0 Å². The van der Waals surface area contributed by atoms with Crippen molar-refractivity contribution in [1.82, 2.24) is 5.01 Å². The van der Waals surface area contributed by atoms with E-state index in [1.165, 1.54) is 7.05 Å². The smallest absolute Gasteiger partial charge is 0.336 e. The molecule has 0 aromatic carbocycles. The molecular weight excluding hydrogens is 96.0 g/mol. The third kappa shape index (κ3) is 1.69. The van der Waals surface area contributed by atoms with E-state index in [2.05, 4.69) is 11.0 Å². The molecule has 5 heteroatoms. The Kier molecular flexibility index (Phi) is 1.78. The SMILES string of the molecule is CN(N=N)C(N)=O. The van der Waals surface area contributed by atoms with Gasteiger partial charge in [0.2, 0.25) is 0 Å². The Labute approximate surface area is 40.6 Å². The summed E-state index contributed by atoms with van der Waals surface area (Å²) in [6.07, 6.45) is 0. The second kappa shape index (κ2) is 2.12. The van der Waals surface area contributed by atoms with Gasteiger partial charge in [0, 0.05) is 7.05 Å². The zero-order valence-corrected chi connectivity index (χ0v) is 3.88. The van der Waals surface area contributed by atoms with E-state index in [1.54, 1.807) is 0 Å². The van der Waals surface area contributed by atoms with E-state index in [1.807, 2.05) is 0 Å². The molecule has 0 aromatic heterocycles. The highest BCUT2D eigenvalue weighted by atomic mass is 16.2. The molecule has 2 amide bonds. The second-order valence-electron chi connectivity index (χ2n) is 0.962. The molecule has 0 aromatic rings. The molecule has 3 N–H and O–H groups in total. The zero-order valence-electron chi connectivity index (χ0n) is 3.88. The van der Waals surface area contributed by atoms with Crippen LogP contribution >= 0.6 is 0 Å². The van der Waals surface area contributed by atoms with Crippen LogP contribution in [0.1, 0.15) is 0 Å². The number of primary amides is 1. The zero-order chi connectivity index (χ0) is 5.86. The van der Waals surface area contributed by atoms with E-state index in [-0.39, 0.29) is 0 Å². The van der Waals surface area contributed by atoms with Gasteiger partial charge in [0.1, 0.15) is 0 Å². The molecule has 5 nitrogen and oxygen atoms in total. The molecule has 0 radical (unpaired) electrons. The molecule has 0 aliphatic heterocycles. The molecule has 0 atom stereocenters. The number of nitrogens with one attached hydrogen (secondary N) is 1. The van der Waals surface area contributed by atoms with E-state index < -0.39 is 6.03 Å². The fourth-order valence-corrected chi connectivity index (χ4v) is 0.0493. The van der Waals surface area contributed by atoms with Crippen LogP contribution in [-0.4, -0.2) is 18.1 Å². The quantitative estimate of drug-likeness (QED) is 0.353. The normalized spacial score (nSPS) is 7.57. The van der Waals surface area contributed by atoms with Crippen LogP contribution in [0.5, 0.6) is 0 Å². The van der Waals surface area contributed by atoms with Crippen molar-refractivity contribution in [3.63, 3.8) is 0 Å². The Morgan fingerprint density at radius 2 is 2.43 bits per heavy atom. The van der Waals surface area contributed by atoms with Gasteiger partial charge in [-0.05, 0) is 0 Å². The van der Waals surface area contributed by atoms with E-state index >= 15 is 0 Å². The van der Waals surface area contributed by atoms with Crippen LogP contribution in [0.4, 0.5) is 4.79 Å². The van der Waals surface area contributed by atoms with Gasteiger partial charge in [-0.25, -0.2) is 9.80 Å². The summed E-state index contributed by atoms with van der Waals surface area (Å²) in [5, 5.41) is 3.42. The van der Waals surface area contributed by atoms with Crippen LogP contribution in [0.15, 0.2) is 5.22 Å². The summed E-state index contributed by atoms with van der Waals surface area (Å²) in [5.74, 6) is 0. The molecule has 7 heavy (non-hydrogen) atoms. The summed E-state index contributed by atoms with van der Waals surface area (Å²) < 4.78 is 0. The fourth-order valence-electron chi connectivity index (χ4n) is 0.0493. The van der Waals surface area contributed by atoms with Gasteiger partial charge in [0.25, 0.3) is 0 Å². The van der Waals surface area contributed by atoms with E-state index in [0.717, 1.165) is 5.01 Å². The molecule has 0 fully saturated rings. The van der Waals surface area contributed by atoms with Crippen molar-refractivity contribution in [3.8, 4) is 0 Å². The lowest BCUT2D eigenvalue weighted by Gasteiger charge is -1.99. The van der Waals surface area contributed by atoms with Gasteiger partial charge in [-0.3, -0.25) is 0 Å². The average Bonchev–Trinajstić information content (AvgIpc) is 1.65. The minimum absolute atomic E-state index is 0.722. The Morgan fingerprint density at radius 3 is 2.43 bits per heavy atom. The van der Waals surface area contributed by atoms with E-state index in [9.17, 15) is 4.79 Å². The fraction of sp³-hybridized carbons (Fsp3) is 0.500. The largest absolute Gasteiger partial charge is 0.350 e. The monoisotopic (exact) mass is 102 g/mol. The van der Waals surface area contributed by atoms with Gasteiger partial charge in [-0.2, -0.15) is 5.53 Å². The van der Waals surface area contributed by atoms with Crippen LogP contribution in [0.3, 0.4) is 0 Å². The van der Waals surface area contributed by atoms with Gasteiger partial charge >= 0.3 is 6.03 Å². The first-order valence-corrected chi connectivity index (χ1v) is 1.59.